The van der Waals surface area contributed by atoms with Gasteiger partial charge >= 0.3 is 11.9 Å². The van der Waals surface area contributed by atoms with Gasteiger partial charge in [-0.2, -0.15) is 0 Å². The molecule has 1 aromatic rings. The second kappa shape index (κ2) is 11.3. The first-order valence-electron chi connectivity index (χ1n) is 9.83. The summed E-state index contributed by atoms with van der Waals surface area (Å²) in [6.45, 7) is 7.34. The van der Waals surface area contributed by atoms with Gasteiger partial charge < -0.3 is 30.9 Å². The van der Waals surface area contributed by atoms with E-state index < -0.39 is 48.3 Å². The molecule has 172 valence electrons. The number of ether oxygens (including phenoxy) is 1. The molecule has 0 radical (unpaired) electrons. The number of nitrogens with one attached hydrogen (secondary N) is 3. The molecule has 0 aliphatic heterocycles. The summed E-state index contributed by atoms with van der Waals surface area (Å²) < 4.78 is 5.76. The summed E-state index contributed by atoms with van der Waals surface area (Å²) in [4.78, 5) is 47.2. The molecule has 0 aliphatic rings. The molecule has 0 aliphatic carbocycles. The van der Waals surface area contributed by atoms with Gasteiger partial charge in [0.2, 0.25) is 11.8 Å². The van der Waals surface area contributed by atoms with Crippen molar-refractivity contribution >= 4 is 23.8 Å². The van der Waals surface area contributed by atoms with Crippen molar-refractivity contribution in [1.82, 2.24) is 16.0 Å². The maximum atomic E-state index is 12.7. The molecule has 0 unspecified atom stereocenters. The first-order chi connectivity index (χ1) is 14.3. The number of likely N-dealkylation sites (N-methyl/N-ethyl adjacent to an activating group) is 1. The average Bonchev–Trinajstić information content (AvgIpc) is 2.65. The second-order valence-corrected chi connectivity index (χ2v) is 8.13. The number of carboxylic acid groups (broad SMARTS) is 2. The van der Waals surface area contributed by atoms with Crippen LogP contribution in [0.3, 0.4) is 0 Å². The minimum atomic E-state index is -1.62. The first kappa shape index (κ1) is 25.9. The van der Waals surface area contributed by atoms with Crippen molar-refractivity contribution in [1.29, 1.82) is 0 Å². The van der Waals surface area contributed by atoms with Gasteiger partial charge in [-0.3, -0.25) is 14.4 Å². The van der Waals surface area contributed by atoms with Gasteiger partial charge in [-0.15, -0.1) is 0 Å². The normalized spacial score (nSPS) is 14.1. The maximum Gasteiger partial charge on any atom is 0.326 e. The van der Waals surface area contributed by atoms with E-state index in [1.54, 1.807) is 38.2 Å². The van der Waals surface area contributed by atoms with Crippen LogP contribution < -0.4 is 20.7 Å². The van der Waals surface area contributed by atoms with Crippen molar-refractivity contribution in [2.75, 3.05) is 7.05 Å². The van der Waals surface area contributed by atoms with E-state index in [9.17, 15) is 24.3 Å². The van der Waals surface area contributed by atoms with Crippen LogP contribution in [0.5, 0.6) is 5.75 Å². The van der Waals surface area contributed by atoms with Crippen molar-refractivity contribution in [2.45, 2.75) is 64.3 Å². The Kier molecular flexibility index (Phi) is 9.44. The molecule has 2 amide bonds. The summed E-state index contributed by atoms with van der Waals surface area (Å²) in [6, 6.07) is 3.63. The standard InChI is InChI=1S/C21H31N3O7/c1-12(22-5)18(27)23-15(19(28)24-16(20(29)30)11-17(25)26)10-13-6-8-14(9-7-13)31-21(2,3)4/h6-9,12,15-16,22H,10-11H2,1-5H3,(H,23,27)(H,24,28)(H,25,26)(H,29,30)/t12-,15-,16-/m0/s1. The lowest BCUT2D eigenvalue weighted by Crippen LogP contribution is -2.55. The van der Waals surface area contributed by atoms with E-state index in [4.69, 9.17) is 9.84 Å². The summed E-state index contributed by atoms with van der Waals surface area (Å²) in [7, 11) is 1.58. The summed E-state index contributed by atoms with van der Waals surface area (Å²) in [5.74, 6) is -3.46. The Morgan fingerprint density at radius 1 is 0.968 bits per heavy atom. The van der Waals surface area contributed by atoms with E-state index in [0.717, 1.165) is 0 Å². The molecule has 31 heavy (non-hydrogen) atoms. The number of amides is 2. The maximum absolute atomic E-state index is 12.7. The van der Waals surface area contributed by atoms with E-state index >= 15 is 0 Å². The number of aliphatic carboxylic acids is 2. The van der Waals surface area contributed by atoms with Crippen LogP contribution >= 0.6 is 0 Å². The average molecular weight is 437 g/mol. The molecule has 1 rings (SSSR count). The van der Waals surface area contributed by atoms with Gasteiger partial charge in [-0.1, -0.05) is 12.1 Å². The minimum Gasteiger partial charge on any atom is -0.488 e. The molecule has 0 fully saturated rings. The number of carboxylic acids is 2. The molecule has 0 spiro atoms. The van der Waals surface area contributed by atoms with E-state index in [1.165, 1.54) is 0 Å². The first-order valence-corrected chi connectivity index (χ1v) is 9.83. The third-order valence-electron chi connectivity index (χ3n) is 4.24. The zero-order valence-corrected chi connectivity index (χ0v) is 18.4. The lowest BCUT2D eigenvalue weighted by atomic mass is 10.0. The number of carbonyl (C=O) groups excluding carboxylic acids is 2. The van der Waals surface area contributed by atoms with Gasteiger partial charge in [0.25, 0.3) is 0 Å². The number of carbonyl (C=O) groups is 4. The summed E-state index contributed by atoms with van der Waals surface area (Å²) in [5.41, 5.74) is 0.320. The Morgan fingerprint density at radius 3 is 1.97 bits per heavy atom. The topological polar surface area (TPSA) is 154 Å². The highest BCUT2D eigenvalue weighted by Crippen LogP contribution is 2.19. The molecule has 0 saturated heterocycles. The van der Waals surface area contributed by atoms with Crippen LogP contribution in [0.25, 0.3) is 0 Å². The minimum absolute atomic E-state index is 0.0726. The lowest BCUT2D eigenvalue weighted by Gasteiger charge is -2.23. The second-order valence-electron chi connectivity index (χ2n) is 8.13. The largest absolute Gasteiger partial charge is 0.488 e. The summed E-state index contributed by atoms with van der Waals surface area (Å²) in [6.07, 6.45) is -0.712. The van der Waals surface area contributed by atoms with Gasteiger partial charge in [0.05, 0.1) is 12.5 Å². The Labute approximate surface area is 181 Å². The smallest absolute Gasteiger partial charge is 0.326 e. The van der Waals surface area contributed by atoms with Crippen LogP contribution in [0.2, 0.25) is 0 Å². The van der Waals surface area contributed by atoms with Gasteiger partial charge in [0, 0.05) is 6.42 Å². The Morgan fingerprint density at radius 2 is 1.52 bits per heavy atom. The highest BCUT2D eigenvalue weighted by atomic mass is 16.5. The predicted octanol–water partition coefficient (Wildman–Crippen LogP) is 0.543. The predicted molar refractivity (Wildman–Crippen MR) is 113 cm³/mol. The van der Waals surface area contributed by atoms with Crippen molar-refractivity contribution in [2.24, 2.45) is 0 Å². The van der Waals surface area contributed by atoms with Crippen LogP contribution in [0.4, 0.5) is 0 Å². The highest BCUT2D eigenvalue weighted by Gasteiger charge is 2.29. The van der Waals surface area contributed by atoms with Crippen LogP contribution in [0.1, 0.15) is 39.7 Å². The fourth-order valence-electron chi connectivity index (χ4n) is 2.57. The number of hydrogen-bond donors (Lipinski definition) is 5. The Hall–Kier alpha value is -3.14. The molecule has 0 heterocycles. The summed E-state index contributed by atoms with van der Waals surface area (Å²) in [5, 5.41) is 25.6. The number of rotatable bonds is 11. The van der Waals surface area contributed by atoms with E-state index in [-0.39, 0.29) is 12.0 Å². The highest BCUT2D eigenvalue weighted by molar-refractivity contribution is 5.92. The van der Waals surface area contributed by atoms with Gasteiger partial charge in [0.15, 0.2) is 0 Å². The molecule has 0 bridgehead atoms. The van der Waals surface area contributed by atoms with E-state index in [1.807, 2.05) is 20.8 Å². The Balaban J connectivity index is 3.02. The van der Waals surface area contributed by atoms with Gasteiger partial charge in [0.1, 0.15) is 23.4 Å². The van der Waals surface area contributed by atoms with Crippen LogP contribution in [-0.4, -0.2) is 64.7 Å². The van der Waals surface area contributed by atoms with Gasteiger partial charge in [-0.05, 0) is 52.4 Å². The number of benzene rings is 1. The zero-order chi connectivity index (χ0) is 23.8. The van der Waals surface area contributed by atoms with Crippen LogP contribution in [0, 0.1) is 0 Å². The monoisotopic (exact) mass is 437 g/mol. The molecule has 5 N–H and O–H groups in total. The van der Waals surface area contributed by atoms with Crippen molar-refractivity contribution in [3.8, 4) is 5.75 Å². The van der Waals surface area contributed by atoms with Crippen LogP contribution in [0.15, 0.2) is 24.3 Å². The molecule has 1 aromatic carbocycles. The molecular formula is C21H31N3O7. The third-order valence-corrected chi connectivity index (χ3v) is 4.24. The zero-order valence-electron chi connectivity index (χ0n) is 18.4. The molecular weight excluding hydrogens is 406 g/mol. The van der Waals surface area contributed by atoms with Crippen molar-refractivity contribution in [3.63, 3.8) is 0 Å². The molecule has 0 aromatic heterocycles. The van der Waals surface area contributed by atoms with E-state index in [0.29, 0.717) is 11.3 Å². The fourth-order valence-corrected chi connectivity index (χ4v) is 2.57. The van der Waals surface area contributed by atoms with Crippen LogP contribution in [-0.2, 0) is 25.6 Å². The van der Waals surface area contributed by atoms with Crippen molar-refractivity contribution in [3.05, 3.63) is 29.8 Å². The van der Waals surface area contributed by atoms with Gasteiger partial charge in [-0.25, -0.2) is 4.79 Å². The Bertz CT molecular complexity index is 787. The summed E-state index contributed by atoms with van der Waals surface area (Å²) >= 11 is 0. The van der Waals surface area contributed by atoms with E-state index in [2.05, 4.69) is 16.0 Å². The molecule has 3 atom stereocenters. The van der Waals surface area contributed by atoms with Crippen molar-refractivity contribution < 1.29 is 34.1 Å². The molecule has 10 heteroatoms. The molecule has 0 saturated carbocycles. The lowest BCUT2D eigenvalue weighted by molar-refractivity contribution is -0.147. The number of hydrogen-bond acceptors (Lipinski definition) is 6. The quantitative estimate of drug-likeness (QED) is 0.336. The SMILES string of the molecule is CN[C@@H](C)C(=O)N[C@@H](Cc1ccc(OC(C)(C)C)cc1)C(=O)N[C@@H](CC(=O)O)C(=O)O. The third kappa shape index (κ3) is 9.47. The molecule has 10 nitrogen and oxygen atoms in total. The fraction of sp³-hybridized carbons (Fsp3) is 0.524.